The Morgan fingerprint density at radius 2 is 2.12 bits per heavy atom. The molecular weight excluding hydrogens is 324 g/mol. The molecule has 1 amide bonds. The van der Waals surface area contributed by atoms with Gasteiger partial charge < -0.3 is 10.6 Å². The van der Waals surface area contributed by atoms with E-state index >= 15 is 0 Å². The zero-order valence-corrected chi connectivity index (χ0v) is 14.7. The van der Waals surface area contributed by atoms with Crippen molar-refractivity contribution in [3.05, 3.63) is 65.5 Å². The minimum absolute atomic E-state index is 0.279. The average molecular weight is 346 g/mol. The topological polar surface area (TPSA) is 77.8 Å². The molecule has 132 valence electrons. The van der Waals surface area contributed by atoms with Crippen molar-refractivity contribution in [2.45, 2.75) is 32.1 Å². The number of allylic oxidation sites excluding steroid dienone is 1. The molecule has 0 unspecified atom stereocenters. The molecule has 1 aromatic carbocycles. The molecule has 0 saturated carbocycles. The van der Waals surface area contributed by atoms with Gasteiger partial charge in [-0.2, -0.15) is 5.26 Å². The highest BCUT2D eigenvalue weighted by Crippen LogP contribution is 2.20. The number of rotatable bonds is 6. The summed E-state index contributed by atoms with van der Waals surface area (Å²) in [5.41, 5.74) is 3.73. The summed E-state index contributed by atoms with van der Waals surface area (Å²) in [7, 11) is 0. The van der Waals surface area contributed by atoms with E-state index < -0.39 is 0 Å². The lowest BCUT2D eigenvalue weighted by molar-refractivity contribution is 0.102. The Morgan fingerprint density at radius 3 is 2.92 bits per heavy atom. The monoisotopic (exact) mass is 346 g/mol. The van der Waals surface area contributed by atoms with Crippen molar-refractivity contribution in [1.29, 1.82) is 5.26 Å². The van der Waals surface area contributed by atoms with E-state index in [1.807, 2.05) is 0 Å². The Kier molecular flexibility index (Phi) is 6.00. The van der Waals surface area contributed by atoms with E-state index in [1.165, 1.54) is 37.5 Å². The Morgan fingerprint density at radius 1 is 1.23 bits per heavy atom. The second-order valence-electron chi connectivity index (χ2n) is 6.36. The maximum atomic E-state index is 12.5. The molecule has 0 bridgehead atoms. The minimum atomic E-state index is -0.279. The lowest BCUT2D eigenvalue weighted by atomic mass is 9.97. The summed E-state index contributed by atoms with van der Waals surface area (Å²) in [6.07, 6.45) is 11.6. The number of amides is 1. The summed E-state index contributed by atoms with van der Waals surface area (Å²) < 4.78 is 0. The van der Waals surface area contributed by atoms with E-state index in [9.17, 15) is 4.79 Å². The molecule has 5 heteroatoms. The Labute approximate surface area is 153 Å². The molecule has 2 aromatic rings. The van der Waals surface area contributed by atoms with E-state index in [0.29, 0.717) is 16.8 Å². The van der Waals surface area contributed by atoms with Crippen molar-refractivity contribution in [2.75, 3.05) is 17.2 Å². The van der Waals surface area contributed by atoms with Gasteiger partial charge in [0.15, 0.2) is 0 Å². The van der Waals surface area contributed by atoms with Crippen molar-refractivity contribution >= 4 is 17.3 Å². The molecule has 26 heavy (non-hydrogen) atoms. The van der Waals surface area contributed by atoms with Gasteiger partial charge in [-0.15, -0.1) is 0 Å². The second kappa shape index (κ2) is 8.82. The number of anilines is 2. The van der Waals surface area contributed by atoms with Crippen molar-refractivity contribution < 1.29 is 4.79 Å². The lowest BCUT2D eigenvalue weighted by Crippen LogP contribution is -2.14. The van der Waals surface area contributed by atoms with Gasteiger partial charge in [-0.3, -0.25) is 9.78 Å². The molecule has 3 rings (SSSR count). The summed E-state index contributed by atoms with van der Waals surface area (Å²) in [6, 6.07) is 10.8. The van der Waals surface area contributed by atoms with Crippen LogP contribution >= 0.6 is 0 Å². The summed E-state index contributed by atoms with van der Waals surface area (Å²) in [4.78, 5) is 16.6. The molecule has 2 N–H and O–H groups in total. The van der Waals surface area contributed by atoms with Gasteiger partial charge in [0.25, 0.3) is 5.91 Å². The molecule has 0 saturated heterocycles. The van der Waals surface area contributed by atoms with Gasteiger partial charge >= 0.3 is 0 Å². The number of nitrogens with one attached hydrogen (secondary N) is 2. The number of carbonyl (C=O) groups excluding carboxylic acids is 1. The lowest BCUT2D eigenvalue weighted by Gasteiger charge is -2.13. The number of hydrogen-bond acceptors (Lipinski definition) is 4. The molecule has 0 radical (unpaired) electrons. The quantitative estimate of drug-likeness (QED) is 0.755. The number of pyridine rings is 1. The highest BCUT2D eigenvalue weighted by atomic mass is 16.1. The number of benzene rings is 1. The fraction of sp³-hybridized carbons (Fsp3) is 0.286. The maximum absolute atomic E-state index is 12.5. The fourth-order valence-electron chi connectivity index (χ4n) is 3.04. The third-order valence-corrected chi connectivity index (χ3v) is 4.46. The number of hydrogen-bond donors (Lipinski definition) is 2. The maximum Gasteiger partial charge on any atom is 0.257 e. The average Bonchev–Trinajstić information content (AvgIpc) is 2.69. The zero-order chi connectivity index (χ0) is 18.2. The molecule has 1 heterocycles. The first-order valence-electron chi connectivity index (χ1n) is 8.93. The van der Waals surface area contributed by atoms with Gasteiger partial charge in [0.1, 0.15) is 6.07 Å². The Balaban J connectivity index is 1.60. The van der Waals surface area contributed by atoms with Crippen molar-refractivity contribution in [3.8, 4) is 6.07 Å². The van der Waals surface area contributed by atoms with Crippen molar-refractivity contribution in [2.24, 2.45) is 0 Å². The Hall–Kier alpha value is -3.13. The zero-order valence-electron chi connectivity index (χ0n) is 14.7. The number of aromatic nitrogens is 1. The standard InChI is InChI=1S/C21H22N4O/c22-13-17-8-4-5-9-20(17)25-21(26)18-12-19(15-23-14-18)24-11-10-16-6-2-1-3-7-16/h4-6,8-9,12,14-15,24H,1-3,7,10-11H2,(H,25,26). The molecular formula is C21H22N4O. The first kappa shape index (κ1) is 17.7. The fourth-order valence-corrected chi connectivity index (χ4v) is 3.04. The molecule has 0 fully saturated rings. The van der Waals surface area contributed by atoms with Crippen LogP contribution in [0.4, 0.5) is 11.4 Å². The van der Waals surface area contributed by atoms with Gasteiger partial charge in [0.05, 0.1) is 22.5 Å². The van der Waals surface area contributed by atoms with Crippen LogP contribution in [0, 0.1) is 11.3 Å². The predicted molar refractivity (Wildman–Crippen MR) is 103 cm³/mol. The van der Waals surface area contributed by atoms with Crippen LogP contribution in [0.15, 0.2) is 54.4 Å². The van der Waals surface area contributed by atoms with Gasteiger partial charge in [-0.1, -0.05) is 23.8 Å². The van der Waals surface area contributed by atoms with Gasteiger partial charge in [-0.25, -0.2) is 0 Å². The van der Waals surface area contributed by atoms with Crippen LogP contribution in [-0.2, 0) is 0 Å². The summed E-state index contributed by atoms with van der Waals surface area (Å²) in [5.74, 6) is -0.279. The smallest absolute Gasteiger partial charge is 0.257 e. The van der Waals surface area contributed by atoms with Crippen LogP contribution in [0.25, 0.3) is 0 Å². The van der Waals surface area contributed by atoms with E-state index in [-0.39, 0.29) is 5.91 Å². The SMILES string of the molecule is N#Cc1ccccc1NC(=O)c1cncc(NCCC2=CCCCC2)c1. The number of nitriles is 1. The minimum Gasteiger partial charge on any atom is -0.383 e. The van der Waals surface area contributed by atoms with Crippen LogP contribution in [0.2, 0.25) is 0 Å². The van der Waals surface area contributed by atoms with E-state index in [4.69, 9.17) is 5.26 Å². The first-order valence-corrected chi connectivity index (χ1v) is 8.93. The summed E-state index contributed by atoms with van der Waals surface area (Å²) in [5, 5.41) is 15.2. The summed E-state index contributed by atoms with van der Waals surface area (Å²) in [6.45, 7) is 0.829. The molecule has 0 spiro atoms. The number of nitrogens with zero attached hydrogens (tertiary/aromatic N) is 2. The third kappa shape index (κ3) is 4.70. The summed E-state index contributed by atoms with van der Waals surface area (Å²) >= 11 is 0. The van der Waals surface area contributed by atoms with Crippen LogP contribution in [-0.4, -0.2) is 17.4 Å². The van der Waals surface area contributed by atoms with Gasteiger partial charge in [0, 0.05) is 18.9 Å². The molecule has 1 aliphatic carbocycles. The number of carbonyl (C=O) groups is 1. The highest BCUT2D eigenvalue weighted by molar-refractivity contribution is 6.05. The van der Waals surface area contributed by atoms with Crippen LogP contribution in [0.3, 0.4) is 0 Å². The second-order valence-corrected chi connectivity index (χ2v) is 6.36. The van der Waals surface area contributed by atoms with Crippen molar-refractivity contribution in [1.82, 2.24) is 4.98 Å². The molecule has 1 aliphatic rings. The third-order valence-electron chi connectivity index (χ3n) is 4.46. The molecule has 0 atom stereocenters. The van der Waals surface area contributed by atoms with Crippen LogP contribution in [0.1, 0.15) is 48.0 Å². The van der Waals surface area contributed by atoms with E-state index in [0.717, 1.165) is 18.7 Å². The molecule has 1 aromatic heterocycles. The highest BCUT2D eigenvalue weighted by Gasteiger charge is 2.10. The van der Waals surface area contributed by atoms with Gasteiger partial charge in [-0.05, 0) is 50.3 Å². The van der Waals surface area contributed by atoms with E-state index in [2.05, 4.69) is 27.8 Å². The Bertz CT molecular complexity index is 851. The molecule has 5 nitrogen and oxygen atoms in total. The van der Waals surface area contributed by atoms with E-state index in [1.54, 1.807) is 36.5 Å². The first-order chi connectivity index (χ1) is 12.8. The van der Waals surface area contributed by atoms with Crippen LogP contribution in [0.5, 0.6) is 0 Å². The molecule has 0 aliphatic heterocycles. The number of para-hydroxylation sites is 1. The van der Waals surface area contributed by atoms with Crippen LogP contribution < -0.4 is 10.6 Å². The largest absolute Gasteiger partial charge is 0.383 e. The van der Waals surface area contributed by atoms with Crippen molar-refractivity contribution in [3.63, 3.8) is 0 Å². The predicted octanol–water partition coefficient (Wildman–Crippen LogP) is 4.51. The van der Waals surface area contributed by atoms with Gasteiger partial charge in [0.2, 0.25) is 0 Å². The normalized spacial score (nSPS) is 13.4.